The molecule has 1 fully saturated rings. The Kier molecular flexibility index (Phi) is 4.95. The zero-order valence-electron chi connectivity index (χ0n) is 12.0. The molecule has 2 aromatic heterocycles. The van der Waals surface area contributed by atoms with Crippen molar-refractivity contribution in [1.29, 1.82) is 0 Å². The normalized spacial score (nSPS) is 16.1. The maximum atomic E-state index is 7.00. The number of aliphatic hydroxyl groups excluding tert-OH is 1. The molecular formula is C13H20BrN5O. The van der Waals surface area contributed by atoms with Gasteiger partial charge < -0.3 is 14.9 Å². The number of hydrogen-bond donors (Lipinski definition) is 1. The number of likely N-dealkylation sites (N-methyl/N-ethyl adjacent to an activating group) is 1. The Morgan fingerprint density at radius 3 is 2.50 bits per heavy atom. The van der Waals surface area contributed by atoms with Crippen molar-refractivity contribution in [3.8, 4) is 0 Å². The topological polar surface area (TPSA) is 56.9 Å². The fourth-order valence-electron chi connectivity index (χ4n) is 2.36. The third-order valence-corrected chi connectivity index (χ3v) is 4.02. The Morgan fingerprint density at radius 2 is 1.85 bits per heavy atom. The van der Waals surface area contributed by atoms with Crippen LogP contribution in [0, 0.1) is 6.92 Å². The van der Waals surface area contributed by atoms with Crippen LogP contribution in [0.4, 0.5) is 5.95 Å². The van der Waals surface area contributed by atoms with E-state index < -0.39 is 0 Å². The van der Waals surface area contributed by atoms with Crippen LogP contribution in [0.2, 0.25) is 0 Å². The summed E-state index contributed by atoms with van der Waals surface area (Å²) in [5.41, 5.74) is 2.06. The predicted octanol–water partition coefficient (Wildman–Crippen LogP) is 1.16. The van der Waals surface area contributed by atoms with Crippen LogP contribution in [0.5, 0.6) is 0 Å². The summed E-state index contributed by atoms with van der Waals surface area (Å²) in [6.07, 6.45) is 3.81. The zero-order chi connectivity index (χ0) is 14.7. The lowest BCUT2D eigenvalue weighted by Crippen LogP contribution is -2.45. The van der Waals surface area contributed by atoms with E-state index >= 15 is 0 Å². The molecule has 3 rings (SSSR count). The minimum absolute atomic E-state index is 0.877. The summed E-state index contributed by atoms with van der Waals surface area (Å²) in [6.45, 7) is 6.20. The van der Waals surface area contributed by atoms with Crippen LogP contribution in [0.15, 0.2) is 17.0 Å². The molecule has 0 radical (unpaired) electrons. The number of imidazole rings is 1. The molecule has 2 aromatic rings. The predicted molar refractivity (Wildman–Crippen MR) is 83.3 cm³/mol. The average molecular weight is 342 g/mol. The number of hydrogen-bond acceptors (Lipinski definition) is 5. The molecular weight excluding hydrogens is 322 g/mol. The minimum Gasteiger partial charge on any atom is -0.400 e. The van der Waals surface area contributed by atoms with E-state index in [0.717, 1.165) is 55.1 Å². The van der Waals surface area contributed by atoms with Crippen LogP contribution in [-0.2, 0) is 0 Å². The van der Waals surface area contributed by atoms with Gasteiger partial charge in [-0.05, 0) is 29.9 Å². The highest BCUT2D eigenvalue weighted by Crippen LogP contribution is 2.26. The summed E-state index contributed by atoms with van der Waals surface area (Å²) < 4.78 is 3.00. The van der Waals surface area contributed by atoms with Gasteiger partial charge in [0.25, 0.3) is 0 Å². The number of aryl methyl sites for hydroxylation is 1. The smallest absolute Gasteiger partial charge is 0.211 e. The second-order valence-electron chi connectivity index (χ2n) is 4.72. The van der Waals surface area contributed by atoms with Crippen molar-refractivity contribution in [3.63, 3.8) is 0 Å². The van der Waals surface area contributed by atoms with Gasteiger partial charge in [0, 0.05) is 45.7 Å². The number of rotatable bonds is 1. The molecule has 0 spiro atoms. The van der Waals surface area contributed by atoms with E-state index in [9.17, 15) is 0 Å². The molecule has 1 N–H and O–H groups in total. The van der Waals surface area contributed by atoms with Gasteiger partial charge in [-0.25, -0.2) is 4.98 Å². The quantitative estimate of drug-likeness (QED) is 0.843. The molecule has 20 heavy (non-hydrogen) atoms. The Labute approximate surface area is 127 Å². The Balaban J connectivity index is 0.000000704. The lowest BCUT2D eigenvalue weighted by atomic mass is 10.3. The molecule has 0 aromatic carbocycles. The van der Waals surface area contributed by atoms with Crippen LogP contribution in [0.25, 0.3) is 5.52 Å². The highest BCUT2D eigenvalue weighted by molar-refractivity contribution is 9.10. The number of nitrogens with zero attached hydrogens (tertiary/aromatic N) is 5. The van der Waals surface area contributed by atoms with Crippen molar-refractivity contribution in [2.75, 3.05) is 45.2 Å². The molecule has 0 amide bonds. The van der Waals surface area contributed by atoms with Crippen molar-refractivity contribution >= 4 is 27.4 Å². The fourth-order valence-corrected chi connectivity index (χ4v) is 3.00. The molecule has 0 unspecified atom stereocenters. The standard InChI is InChI=1S/C12H16BrN5.CH4O/c1-9-10-11(13)15-12(18(10)4-3-14-9)17-7-5-16(2)6-8-17;1-2/h3-4H,5-8H2,1-2H3;2H,1H3. The monoisotopic (exact) mass is 341 g/mol. The van der Waals surface area contributed by atoms with Gasteiger partial charge in [-0.3, -0.25) is 9.38 Å². The Bertz CT molecular complexity index is 577. The van der Waals surface area contributed by atoms with Crippen molar-refractivity contribution in [1.82, 2.24) is 19.3 Å². The van der Waals surface area contributed by atoms with E-state index in [1.54, 1.807) is 0 Å². The molecule has 1 saturated heterocycles. The lowest BCUT2D eigenvalue weighted by Gasteiger charge is -2.32. The molecule has 0 aliphatic carbocycles. The number of halogens is 1. The van der Waals surface area contributed by atoms with Crippen molar-refractivity contribution in [2.24, 2.45) is 0 Å². The first kappa shape index (κ1) is 15.2. The molecule has 0 bridgehead atoms. The van der Waals surface area contributed by atoms with Gasteiger partial charge in [0.1, 0.15) is 10.1 Å². The lowest BCUT2D eigenvalue weighted by molar-refractivity contribution is 0.311. The first-order valence-electron chi connectivity index (χ1n) is 6.54. The van der Waals surface area contributed by atoms with Crippen LogP contribution in [-0.4, -0.2) is 64.7 Å². The van der Waals surface area contributed by atoms with Crippen LogP contribution in [0.3, 0.4) is 0 Å². The third-order valence-electron chi connectivity index (χ3n) is 3.46. The molecule has 110 valence electrons. The molecule has 1 aliphatic heterocycles. The van der Waals surface area contributed by atoms with Crippen LogP contribution >= 0.6 is 15.9 Å². The summed E-state index contributed by atoms with van der Waals surface area (Å²) in [6, 6.07) is 0. The van der Waals surface area contributed by atoms with Gasteiger partial charge in [0.2, 0.25) is 5.95 Å². The second kappa shape index (κ2) is 6.51. The summed E-state index contributed by atoms with van der Waals surface area (Å²) in [4.78, 5) is 13.6. The zero-order valence-corrected chi connectivity index (χ0v) is 13.6. The minimum atomic E-state index is 0.877. The van der Waals surface area contributed by atoms with E-state index in [2.05, 4.69) is 47.1 Å². The third kappa shape index (κ3) is 2.79. The van der Waals surface area contributed by atoms with Gasteiger partial charge in [-0.2, -0.15) is 0 Å². The van der Waals surface area contributed by atoms with E-state index in [-0.39, 0.29) is 0 Å². The second-order valence-corrected chi connectivity index (χ2v) is 5.48. The number of piperazine rings is 1. The van der Waals surface area contributed by atoms with Crippen molar-refractivity contribution in [3.05, 3.63) is 22.7 Å². The van der Waals surface area contributed by atoms with E-state index in [4.69, 9.17) is 5.11 Å². The molecule has 6 nitrogen and oxygen atoms in total. The Hall–Kier alpha value is -1.18. The first-order chi connectivity index (χ1) is 9.66. The maximum Gasteiger partial charge on any atom is 0.211 e. The first-order valence-corrected chi connectivity index (χ1v) is 7.33. The number of fused-ring (bicyclic) bond motifs is 1. The Morgan fingerprint density at radius 1 is 1.20 bits per heavy atom. The summed E-state index contributed by atoms with van der Waals surface area (Å²) in [5, 5.41) is 7.00. The summed E-state index contributed by atoms with van der Waals surface area (Å²) in [7, 11) is 3.16. The largest absolute Gasteiger partial charge is 0.400 e. The summed E-state index contributed by atoms with van der Waals surface area (Å²) in [5.74, 6) is 1.01. The van der Waals surface area contributed by atoms with Crippen LogP contribution in [0.1, 0.15) is 5.69 Å². The van der Waals surface area contributed by atoms with Gasteiger partial charge in [-0.15, -0.1) is 0 Å². The maximum absolute atomic E-state index is 7.00. The van der Waals surface area contributed by atoms with E-state index in [1.165, 1.54) is 0 Å². The average Bonchev–Trinajstić information content (AvgIpc) is 2.81. The van der Waals surface area contributed by atoms with Gasteiger partial charge in [0.15, 0.2) is 0 Å². The molecule has 0 saturated carbocycles. The highest BCUT2D eigenvalue weighted by atomic mass is 79.9. The van der Waals surface area contributed by atoms with Gasteiger partial charge in [0.05, 0.1) is 5.69 Å². The number of aromatic nitrogens is 3. The van der Waals surface area contributed by atoms with Gasteiger partial charge >= 0.3 is 0 Å². The summed E-state index contributed by atoms with van der Waals surface area (Å²) >= 11 is 3.54. The fraction of sp³-hybridized carbons (Fsp3) is 0.538. The number of aliphatic hydroxyl groups is 1. The SMILES string of the molecule is CO.Cc1nccn2c(N3CCN(C)CC3)nc(Br)c12. The molecule has 1 aliphatic rings. The number of anilines is 1. The van der Waals surface area contributed by atoms with Crippen molar-refractivity contribution in [2.45, 2.75) is 6.92 Å². The molecule has 3 heterocycles. The van der Waals surface area contributed by atoms with Crippen LogP contribution < -0.4 is 4.90 Å². The highest BCUT2D eigenvalue weighted by Gasteiger charge is 2.20. The molecule has 7 heteroatoms. The van der Waals surface area contributed by atoms with Gasteiger partial charge in [-0.1, -0.05) is 0 Å². The van der Waals surface area contributed by atoms with Crippen molar-refractivity contribution < 1.29 is 5.11 Å². The van der Waals surface area contributed by atoms with E-state index in [1.807, 2.05) is 19.3 Å². The molecule has 0 atom stereocenters. The van der Waals surface area contributed by atoms with E-state index in [0.29, 0.717) is 0 Å².